The fourth-order valence-corrected chi connectivity index (χ4v) is 4.13. The molecule has 1 amide bonds. The molecular formula is C18H23ClFNO. The van der Waals surface area contributed by atoms with Crippen molar-refractivity contribution in [3.63, 3.8) is 0 Å². The first kappa shape index (κ1) is 15.8. The molecule has 4 heteroatoms. The van der Waals surface area contributed by atoms with E-state index in [9.17, 15) is 9.18 Å². The van der Waals surface area contributed by atoms with E-state index < -0.39 is 0 Å². The van der Waals surface area contributed by atoms with Gasteiger partial charge in [0.2, 0.25) is 5.91 Å². The van der Waals surface area contributed by atoms with Gasteiger partial charge in [-0.05, 0) is 44.2 Å². The number of nitrogens with zero attached hydrogens (tertiary/aromatic N) is 1. The number of carbonyl (C=O) groups is 1. The van der Waals surface area contributed by atoms with Gasteiger partial charge in [0.1, 0.15) is 5.82 Å². The highest BCUT2D eigenvalue weighted by Crippen LogP contribution is 2.31. The largest absolute Gasteiger partial charge is 0.339 e. The van der Waals surface area contributed by atoms with E-state index in [1.165, 1.54) is 25.3 Å². The Bertz CT molecular complexity index is 522. The fraction of sp³-hybridized carbons (Fsp3) is 0.611. The molecule has 0 spiro atoms. The Labute approximate surface area is 136 Å². The molecule has 1 aromatic rings. The first-order valence-electron chi connectivity index (χ1n) is 8.40. The normalized spacial score (nSPS) is 23.8. The third-order valence-corrected chi connectivity index (χ3v) is 5.47. The number of amides is 1. The predicted octanol–water partition coefficient (Wildman–Crippen LogP) is 4.59. The van der Waals surface area contributed by atoms with Gasteiger partial charge in [-0.15, -0.1) is 0 Å². The van der Waals surface area contributed by atoms with Crippen LogP contribution < -0.4 is 0 Å². The van der Waals surface area contributed by atoms with Gasteiger partial charge in [0.15, 0.2) is 0 Å². The Morgan fingerprint density at radius 3 is 2.64 bits per heavy atom. The number of carbonyl (C=O) groups excluding carboxylic acids is 1. The molecule has 0 N–H and O–H groups in total. The Hall–Kier alpha value is -1.09. The highest BCUT2D eigenvalue weighted by Gasteiger charge is 2.34. The molecule has 1 saturated heterocycles. The second kappa shape index (κ2) is 6.99. The summed E-state index contributed by atoms with van der Waals surface area (Å²) in [6.07, 6.45) is 8.25. The van der Waals surface area contributed by atoms with Gasteiger partial charge >= 0.3 is 0 Å². The molecule has 1 atom stereocenters. The topological polar surface area (TPSA) is 20.3 Å². The van der Waals surface area contributed by atoms with E-state index in [0.29, 0.717) is 23.0 Å². The van der Waals surface area contributed by atoms with E-state index >= 15 is 0 Å². The third kappa shape index (κ3) is 3.29. The summed E-state index contributed by atoms with van der Waals surface area (Å²) in [6, 6.07) is 5.14. The number of hydrogen-bond acceptors (Lipinski definition) is 1. The van der Waals surface area contributed by atoms with Crippen LogP contribution in [0.4, 0.5) is 4.39 Å². The number of halogens is 2. The summed E-state index contributed by atoms with van der Waals surface area (Å²) in [4.78, 5) is 14.9. The van der Waals surface area contributed by atoms with Crippen molar-refractivity contribution in [1.82, 2.24) is 4.90 Å². The second-order valence-corrected chi connectivity index (χ2v) is 6.97. The van der Waals surface area contributed by atoms with Crippen LogP contribution in [0.5, 0.6) is 0 Å². The minimum Gasteiger partial charge on any atom is -0.339 e. The van der Waals surface area contributed by atoms with Crippen LogP contribution in [-0.4, -0.2) is 23.4 Å². The van der Waals surface area contributed by atoms with Crippen LogP contribution in [-0.2, 0) is 11.2 Å². The lowest BCUT2D eigenvalue weighted by molar-refractivity contribution is -0.141. The molecule has 1 saturated carbocycles. The highest BCUT2D eigenvalue weighted by atomic mass is 35.5. The zero-order valence-corrected chi connectivity index (χ0v) is 13.6. The molecule has 2 nitrogen and oxygen atoms in total. The molecule has 2 fully saturated rings. The monoisotopic (exact) mass is 323 g/mol. The van der Waals surface area contributed by atoms with Crippen molar-refractivity contribution in [3.05, 3.63) is 34.6 Å². The summed E-state index contributed by atoms with van der Waals surface area (Å²) < 4.78 is 14.0. The Kier molecular flexibility index (Phi) is 5.02. The molecule has 120 valence electrons. The van der Waals surface area contributed by atoms with E-state index in [4.69, 9.17) is 11.6 Å². The zero-order chi connectivity index (χ0) is 15.5. The maximum atomic E-state index is 14.0. The summed E-state index contributed by atoms with van der Waals surface area (Å²) in [5, 5.41) is 0.433. The maximum Gasteiger partial charge on any atom is 0.226 e. The fourth-order valence-electron chi connectivity index (χ4n) is 3.89. The second-order valence-electron chi connectivity index (χ2n) is 6.57. The first-order valence-corrected chi connectivity index (χ1v) is 8.78. The highest BCUT2D eigenvalue weighted by molar-refractivity contribution is 6.31. The summed E-state index contributed by atoms with van der Waals surface area (Å²) in [7, 11) is 0. The lowest BCUT2D eigenvalue weighted by Gasteiger charge is -2.40. The van der Waals surface area contributed by atoms with E-state index in [0.717, 1.165) is 32.2 Å². The summed E-state index contributed by atoms with van der Waals surface area (Å²) >= 11 is 6.12. The molecular weight excluding hydrogens is 301 g/mol. The minimum absolute atomic E-state index is 0.120. The molecule has 1 heterocycles. The molecule has 0 bridgehead atoms. The first-order chi connectivity index (χ1) is 10.7. The van der Waals surface area contributed by atoms with Gasteiger partial charge in [-0.1, -0.05) is 36.9 Å². The average Bonchev–Trinajstić information content (AvgIpc) is 2.53. The molecule has 3 rings (SSSR count). The molecule has 0 radical (unpaired) electrons. The third-order valence-electron chi connectivity index (χ3n) is 5.11. The SMILES string of the molecule is O=C1C(Cc2c(F)cccc2Cl)CCCN1C1CCCCC1. The summed E-state index contributed by atoms with van der Waals surface area (Å²) in [5.41, 5.74) is 0.494. The van der Waals surface area contributed by atoms with Gasteiger partial charge in [0.05, 0.1) is 0 Å². The summed E-state index contributed by atoms with van der Waals surface area (Å²) in [5.74, 6) is -0.211. The predicted molar refractivity (Wildman–Crippen MR) is 86.4 cm³/mol. The van der Waals surface area contributed by atoms with Crippen molar-refractivity contribution >= 4 is 17.5 Å². The van der Waals surface area contributed by atoms with Gasteiger partial charge in [-0.3, -0.25) is 4.79 Å². The maximum absolute atomic E-state index is 14.0. The van der Waals surface area contributed by atoms with Crippen molar-refractivity contribution < 1.29 is 9.18 Å². The van der Waals surface area contributed by atoms with Gasteiger partial charge in [0.25, 0.3) is 0 Å². The molecule has 1 unspecified atom stereocenters. The molecule has 2 aliphatic rings. The Balaban J connectivity index is 1.72. The molecule has 0 aromatic heterocycles. The Morgan fingerprint density at radius 2 is 1.91 bits per heavy atom. The number of benzene rings is 1. The van der Waals surface area contributed by atoms with Crippen molar-refractivity contribution in [2.75, 3.05) is 6.54 Å². The van der Waals surface area contributed by atoms with Crippen molar-refractivity contribution in [3.8, 4) is 0 Å². The van der Waals surface area contributed by atoms with Crippen LogP contribution in [0, 0.1) is 11.7 Å². The number of hydrogen-bond donors (Lipinski definition) is 0. The van der Waals surface area contributed by atoms with Crippen LogP contribution in [0.25, 0.3) is 0 Å². The number of piperidine rings is 1. The van der Waals surface area contributed by atoms with E-state index in [1.807, 2.05) is 0 Å². The smallest absolute Gasteiger partial charge is 0.226 e. The van der Waals surface area contributed by atoms with Crippen LogP contribution >= 0.6 is 11.6 Å². The molecule has 1 aliphatic heterocycles. The lowest BCUT2D eigenvalue weighted by atomic mass is 9.86. The molecule has 22 heavy (non-hydrogen) atoms. The molecule has 1 aromatic carbocycles. The van der Waals surface area contributed by atoms with Crippen molar-refractivity contribution in [1.29, 1.82) is 0 Å². The quantitative estimate of drug-likeness (QED) is 0.796. The van der Waals surface area contributed by atoms with Gasteiger partial charge in [0, 0.05) is 29.1 Å². The van der Waals surface area contributed by atoms with Gasteiger partial charge in [-0.2, -0.15) is 0 Å². The Morgan fingerprint density at radius 1 is 1.14 bits per heavy atom. The number of rotatable bonds is 3. The summed E-state index contributed by atoms with van der Waals surface area (Å²) in [6.45, 7) is 0.866. The zero-order valence-electron chi connectivity index (χ0n) is 12.9. The van der Waals surface area contributed by atoms with Gasteiger partial charge < -0.3 is 4.90 Å². The van der Waals surface area contributed by atoms with Crippen LogP contribution in [0.3, 0.4) is 0 Å². The van der Waals surface area contributed by atoms with E-state index in [2.05, 4.69) is 4.90 Å². The average molecular weight is 324 g/mol. The van der Waals surface area contributed by atoms with Crippen LogP contribution in [0.1, 0.15) is 50.5 Å². The minimum atomic E-state index is -0.296. The van der Waals surface area contributed by atoms with Crippen molar-refractivity contribution in [2.45, 2.75) is 57.4 Å². The van der Waals surface area contributed by atoms with Crippen LogP contribution in [0.2, 0.25) is 5.02 Å². The van der Waals surface area contributed by atoms with E-state index in [-0.39, 0.29) is 17.6 Å². The van der Waals surface area contributed by atoms with Crippen LogP contribution in [0.15, 0.2) is 18.2 Å². The lowest BCUT2D eigenvalue weighted by Crippen LogP contribution is -2.48. The van der Waals surface area contributed by atoms with Gasteiger partial charge in [-0.25, -0.2) is 4.39 Å². The van der Waals surface area contributed by atoms with E-state index in [1.54, 1.807) is 12.1 Å². The number of likely N-dealkylation sites (tertiary alicyclic amines) is 1. The van der Waals surface area contributed by atoms with Crippen molar-refractivity contribution in [2.24, 2.45) is 5.92 Å². The molecule has 1 aliphatic carbocycles. The standard InChI is InChI=1S/C18H23ClFNO/c19-16-9-4-10-17(20)15(16)12-13-6-5-11-21(18(13)22)14-7-2-1-3-8-14/h4,9-10,13-14H,1-3,5-8,11-12H2.